The van der Waals surface area contributed by atoms with E-state index in [0.717, 1.165) is 12.1 Å². The van der Waals surface area contributed by atoms with E-state index < -0.39 is 38.4 Å². The molecule has 11 heteroatoms. The molecule has 37 heavy (non-hydrogen) atoms. The van der Waals surface area contributed by atoms with Crippen LogP contribution in [0.3, 0.4) is 0 Å². The Hall–Kier alpha value is -4.12. The number of hydrogen-bond donors (Lipinski definition) is 4. The standard InChI is InChI=1S/C26H28FN3O6S/c1-26(2,3)36-25(33)29-13-12-28-20-8-5-9-21(16-20)30-37(34,35)23-15-18(10-11-22(23)27)17-6-4-7-19(14-17)24(31)32/h4-11,14-16,28,30H,12-13H2,1-3H3,(H,29,33)(H,31,32). The number of carboxylic acid groups (broad SMARTS) is 1. The van der Waals surface area contributed by atoms with Crippen LogP contribution < -0.4 is 15.4 Å². The minimum Gasteiger partial charge on any atom is -0.478 e. The zero-order valence-corrected chi connectivity index (χ0v) is 21.4. The first-order valence-corrected chi connectivity index (χ1v) is 12.8. The fourth-order valence-corrected chi connectivity index (χ4v) is 4.46. The van der Waals surface area contributed by atoms with Crippen LogP contribution in [0.15, 0.2) is 71.6 Å². The van der Waals surface area contributed by atoms with Gasteiger partial charge < -0.3 is 20.5 Å². The quantitative estimate of drug-likeness (QED) is 0.289. The summed E-state index contributed by atoms with van der Waals surface area (Å²) in [6.07, 6.45) is -0.547. The Morgan fingerprint density at radius 1 is 0.919 bits per heavy atom. The first-order valence-electron chi connectivity index (χ1n) is 11.3. The van der Waals surface area contributed by atoms with Gasteiger partial charge in [-0.25, -0.2) is 22.4 Å². The molecule has 0 saturated carbocycles. The van der Waals surface area contributed by atoms with Crippen LogP contribution >= 0.6 is 0 Å². The summed E-state index contributed by atoms with van der Waals surface area (Å²) in [5.74, 6) is -2.08. The predicted molar refractivity (Wildman–Crippen MR) is 139 cm³/mol. The highest BCUT2D eigenvalue weighted by molar-refractivity contribution is 7.92. The second-order valence-electron chi connectivity index (χ2n) is 9.07. The van der Waals surface area contributed by atoms with Crippen LogP contribution in [0.4, 0.5) is 20.6 Å². The van der Waals surface area contributed by atoms with Crippen LogP contribution in [-0.4, -0.2) is 44.3 Å². The molecule has 0 aromatic heterocycles. The Labute approximate surface area is 214 Å². The van der Waals surface area contributed by atoms with E-state index in [1.807, 2.05) is 0 Å². The van der Waals surface area contributed by atoms with Crippen molar-refractivity contribution in [3.05, 3.63) is 78.1 Å². The summed E-state index contributed by atoms with van der Waals surface area (Å²) in [6, 6.07) is 15.8. The molecule has 0 atom stereocenters. The number of benzene rings is 3. The van der Waals surface area contributed by atoms with Gasteiger partial charge in [0.25, 0.3) is 10.0 Å². The monoisotopic (exact) mass is 529 g/mol. The number of nitrogens with one attached hydrogen (secondary N) is 3. The second-order valence-corrected chi connectivity index (χ2v) is 10.7. The van der Waals surface area contributed by atoms with Gasteiger partial charge in [-0.05, 0) is 74.4 Å². The van der Waals surface area contributed by atoms with Crippen molar-refractivity contribution in [2.45, 2.75) is 31.3 Å². The van der Waals surface area contributed by atoms with Crippen molar-refractivity contribution in [2.75, 3.05) is 23.1 Å². The molecule has 0 radical (unpaired) electrons. The number of carboxylic acids is 1. The molecule has 4 N–H and O–H groups in total. The maximum Gasteiger partial charge on any atom is 0.407 e. The molecule has 3 aromatic rings. The van der Waals surface area contributed by atoms with E-state index in [1.165, 1.54) is 36.4 Å². The fraction of sp³-hybridized carbons (Fsp3) is 0.231. The van der Waals surface area contributed by atoms with Crippen LogP contribution in [0, 0.1) is 5.82 Å². The van der Waals surface area contributed by atoms with Crippen LogP contribution in [0.5, 0.6) is 0 Å². The highest BCUT2D eigenvalue weighted by atomic mass is 32.2. The molecule has 9 nitrogen and oxygen atoms in total. The van der Waals surface area contributed by atoms with Gasteiger partial charge >= 0.3 is 12.1 Å². The third-order valence-corrected chi connectivity index (χ3v) is 6.30. The van der Waals surface area contributed by atoms with Gasteiger partial charge in [0.05, 0.1) is 11.3 Å². The zero-order valence-electron chi connectivity index (χ0n) is 20.5. The predicted octanol–water partition coefficient (Wildman–Crippen LogP) is 4.93. The number of rotatable bonds is 9. The molecule has 0 spiro atoms. The van der Waals surface area contributed by atoms with E-state index in [1.54, 1.807) is 39.0 Å². The first kappa shape index (κ1) is 27.5. The number of carbonyl (C=O) groups excluding carboxylic acids is 1. The van der Waals surface area contributed by atoms with Gasteiger partial charge in [0, 0.05) is 18.8 Å². The smallest absolute Gasteiger partial charge is 0.407 e. The topological polar surface area (TPSA) is 134 Å². The van der Waals surface area contributed by atoms with Crippen molar-refractivity contribution in [1.29, 1.82) is 0 Å². The maximum absolute atomic E-state index is 14.6. The third kappa shape index (κ3) is 7.94. The lowest BCUT2D eigenvalue weighted by Crippen LogP contribution is -2.35. The van der Waals surface area contributed by atoms with Crippen molar-refractivity contribution in [3.63, 3.8) is 0 Å². The molecule has 0 bridgehead atoms. The maximum atomic E-state index is 14.6. The molecule has 1 amide bonds. The number of hydrogen-bond acceptors (Lipinski definition) is 6. The first-order chi connectivity index (χ1) is 17.3. The summed E-state index contributed by atoms with van der Waals surface area (Å²) in [5, 5.41) is 14.9. The summed E-state index contributed by atoms with van der Waals surface area (Å²) in [5.41, 5.74) is 0.966. The lowest BCUT2D eigenvalue weighted by molar-refractivity contribution is 0.0529. The van der Waals surface area contributed by atoms with E-state index in [-0.39, 0.29) is 17.8 Å². The lowest BCUT2D eigenvalue weighted by Gasteiger charge is -2.19. The number of alkyl carbamates (subject to hydrolysis) is 1. The molecule has 0 aliphatic rings. The summed E-state index contributed by atoms with van der Waals surface area (Å²) in [4.78, 5) is 22.4. The Morgan fingerprint density at radius 2 is 1.59 bits per heavy atom. The van der Waals surface area contributed by atoms with Crippen molar-refractivity contribution in [2.24, 2.45) is 0 Å². The van der Waals surface area contributed by atoms with Crippen molar-refractivity contribution in [1.82, 2.24) is 5.32 Å². The van der Waals surface area contributed by atoms with Gasteiger partial charge in [0.15, 0.2) is 0 Å². The molecule has 0 fully saturated rings. The average molecular weight is 530 g/mol. The lowest BCUT2D eigenvalue weighted by atomic mass is 10.0. The molecule has 0 heterocycles. The highest BCUT2D eigenvalue weighted by Gasteiger charge is 2.21. The van der Waals surface area contributed by atoms with Crippen LogP contribution in [0.1, 0.15) is 31.1 Å². The molecular weight excluding hydrogens is 501 g/mol. The van der Waals surface area contributed by atoms with Gasteiger partial charge in [-0.1, -0.05) is 24.3 Å². The number of halogens is 1. The van der Waals surface area contributed by atoms with Crippen LogP contribution in [-0.2, 0) is 14.8 Å². The SMILES string of the molecule is CC(C)(C)OC(=O)NCCNc1cccc(NS(=O)(=O)c2cc(-c3cccc(C(=O)O)c3)ccc2F)c1. The molecular formula is C26H28FN3O6S. The largest absolute Gasteiger partial charge is 0.478 e. The van der Waals surface area contributed by atoms with Crippen LogP contribution in [0.2, 0.25) is 0 Å². The highest BCUT2D eigenvalue weighted by Crippen LogP contribution is 2.27. The molecule has 3 rings (SSSR count). The molecule has 196 valence electrons. The van der Waals surface area contributed by atoms with Crippen molar-refractivity contribution < 1.29 is 32.2 Å². The third-order valence-electron chi connectivity index (χ3n) is 4.90. The molecule has 0 aliphatic carbocycles. The number of ether oxygens (including phenoxy) is 1. The number of sulfonamides is 1. The summed E-state index contributed by atoms with van der Waals surface area (Å²) in [6.45, 7) is 5.90. The number of anilines is 2. The Kier molecular flexibility index (Phi) is 8.38. The minimum atomic E-state index is -4.31. The van der Waals surface area contributed by atoms with E-state index in [2.05, 4.69) is 15.4 Å². The molecule has 0 unspecified atom stereocenters. The van der Waals surface area contributed by atoms with Crippen molar-refractivity contribution in [3.8, 4) is 11.1 Å². The molecule has 0 saturated heterocycles. The Morgan fingerprint density at radius 3 is 2.30 bits per heavy atom. The van der Waals surface area contributed by atoms with Gasteiger partial charge in [-0.15, -0.1) is 0 Å². The van der Waals surface area contributed by atoms with Gasteiger partial charge in [0.2, 0.25) is 0 Å². The second kappa shape index (κ2) is 11.3. The van der Waals surface area contributed by atoms with E-state index in [0.29, 0.717) is 23.4 Å². The average Bonchev–Trinajstić information content (AvgIpc) is 2.81. The van der Waals surface area contributed by atoms with Crippen LogP contribution in [0.25, 0.3) is 11.1 Å². The minimum absolute atomic E-state index is 0.0231. The van der Waals surface area contributed by atoms with E-state index in [9.17, 15) is 27.5 Å². The summed E-state index contributed by atoms with van der Waals surface area (Å²) < 4.78 is 48.1. The molecule has 0 aliphatic heterocycles. The van der Waals surface area contributed by atoms with E-state index >= 15 is 0 Å². The summed E-state index contributed by atoms with van der Waals surface area (Å²) >= 11 is 0. The van der Waals surface area contributed by atoms with Gasteiger partial charge in [0.1, 0.15) is 16.3 Å². The van der Waals surface area contributed by atoms with Gasteiger partial charge in [-0.2, -0.15) is 0 Å². The fourth-order valence-electron chi connectivity index (χ4n) is 3.31. The molecule has 3 aromatic carbocycles. The van der Waals surface area contributed by atoms with E-state index in [4.69, 9.17) is 4.74 Å². The Balaban J connectivity index is 1.71. The summed E-state index contributed by atoms with van der Waals surface area (Å²) in [7, 11) is -4.31. The van der Waals surface area contributed by atoms with Crippen molar-refractivity contribution >= 4 is 33.5 Å². The zero-order chi connectivity index (χ0) is 27.2. The number of carbonyl (C=O) groups is 2. The number of amides is 1. The number of aromatic carboxylic acids is 1. The normalized spacial score (nSPS) is 11.5. The Bertz CT molecular complexity index is 1400. The van der Waals surface area contributed by atoms with Gasteiger partial charge in [-0.3, -0.25) is 4.72 Å².